The van der Waals surface area contributed by atoms with Crippen molar-refractivity contribution in [1.82, 2.24) is 5.32 Å². The third-order valence-electron chi connectivity index (χ3n) is 9.40. The van der Waals surface area contributed by atoms with E-state index >= 15 is 0 Å². The summed E-state index contributed by atoms with van der Waals surface area (Å²) in [4.78, 5) is 48.1. The standard InChI is InChI=1S/C40H40ClFN4O3/c1-2-3-14-30(37(43)47)32(22-25-17-18-25)39(48)45-38-40(49)46(24-26-10-9-13-28(21-26)29-19-20-34(42)33(41)23-29)35-16-8-7-15-31(35)36(44-38)27-11-5-4-6-12-27/h4-13,15-16,19-21,23,25,30,32,38H,2-3,14,17-18,22,24H2,1H3,(H2,43,47)(H,45,48)/t30-,32+,38+/m0/s1. The van der Waals surface area contributed by atoms with E-state index in [0.29, 0.717) is 30.2 Å². The predicted molar refractivity (Wildman–Crippen MR) is 192 cm³/mol. The maximum Gasteiger partial charge on any atom is 0.272 e. The van der Waals surface area contributed by atoms with E-state index in [2.05, 4.69) is 5.32 Å². The quantitative estimate of drug-likeness (QED) is 0.152. The minimum atomic E-state index is -1.25. The number of para-hydroxylation sites is 1. The van der Waals surface area contributed by atoms with Gasteiger partial charge in [0.15, 0.2) is 0 Å². The second kappa shape index (κ2) is 15.2. The fourth-order valence-corrected chi connectivity index (χ4v) is 6.77. The van der Waals surface area contributed by atoms with Gasteiger partial charge in [0.05, 0.1) is 23.0 Å². The Balaban J connectivity index is 1.39. The summed E-state index contributed by atoms with van der Waals surface area (Å²) in [6.07, 6.45) is 3.46. The molecule has 0 spiro atoms. The molecule has 0 saturated heterocycles. The summed E-state index contributed by atoms with van der Waals surface area (Å²) < 4.78 is 13.9. The molecule has 0 unspecified atom stereocenters. The van der Waals surface area contributed by atoms with Gasteiger partial charge in [0.1, 0.15) is 5.82 Å². The van der Waals surface area contributed by atoms with Gasteiger partial charge in [0.2, 0.25) is 18.0 Å². The predicted octanol–water partition coefficient (Wildman–Crippen LogP) is 7.68. The monoisotopic (exact) mass is 678 g/mol. The SMILES string of the molecule is CCCC[C@H](C(N)=O)[C@@H](CC1CC1)C(=O)N[C@H]1N=C(c2ccccc2)c2ccccc2N(Cc2cccc(-c3ccc(F)c(Cl)c3)c2)C1=O. The smallest absolute Gasteiger partial charge is 0.272 e. The van der Waals surface area contributed by atoms with E-state index in [-0.39, 0.29) is 17.5 Å². The van der Waals surface area contributed by atoms with Gasteiger partial charge in [-0.1, -0.05) is 117 Å². The molecule has 4 aromatic carbocycles. The summed E-state index contributed by atoms with van der Waals surface area (Å²) in [5.74, 6) is -2.71. The highest BCUT2D eigenvalue weighted by Gasteiger charge is 2.40. The Morgan fingerprint density at radius 3 is 2.37 bits per heavy atom. The number of nitrogens with two attached hydrogens (primary N) is 1. The molecule has 0 aromatic heterocycles. The maximum absolute atomic E-state index is 14.6. The first-order chi connectivity index (χ1) is 23.7. The lowest BCUT2D eigenvalue weighted by molar-refractivity contribution is -0.135. The van der Waals surface area contributed by atoms with Crippen LogP contribution < -0.4 is 16.0 Å². The molecular weight excluding hydrogens is 639 g/mol. The van der Waals surface area contributed by atoms with Gasteiger partial charge in [0, 0.05) is 23.0 Å². The number of nitrogens with one attached hydrogen (secondary N) is 1. The summed E-state index contributed by atoms with van der Waals surface area (Å²) in [6.45, 7) is 2.21. The lowest BCUT2D eigenvalue weighted by Crippen LogP contribution is -2.50. The maximum atomic E-state index is 14.6. The largest absolute Gasteiger partial charge is 0.369 e. The Morgan fingerprint density at radius 2 is 1.65 bits per heavy atom. The number of benzene rings is 4. The highest BCUT2D eigenvalue weighted by atomic mass is 35.5. The van der Waals surface area contributed by atoms with E-state index in [0.717, 1.165) is 53.5 Å². The van der Waals surface area contributed by atoms with Crippen LogP contribution in [0.5, 0.6) is 0 Å². The molecule has 1 heterocycles. The summed E-state index contributed by atoms with van der Waals surface area (Å²) in [7, 11) is 0. The molecule has 1 saturated carbocycles. The molecule has 2 aliphatic rings. The zero-order valence-electron chi connectivity index (χ0n) is 27.4. The van der Waals surface area contributed by atoms with Gasteiger partial charge in [-0.2, -0.15) is 0 Å². The van der Waals surface area contributed by atoms with Gasteiger partial charge >= 0.3 is 0 Å². The van der Waals surface area contributed by atoms with E-state index < -0.39 is 35.6 Å². The van der Waals surface area contributed by atoms with Gasteiger partial charge in [-0.15, -0.1) is 0 Å². The number of carbonyl (C=O) groups excluding carboxylic acids is 3. The van der Waals surface area contributed by atoms with Crippen LogP contribution in [0, 0.1) is 23.6 Å². The second-order valence-electron chi connectivity index (χ2n) is 13.0. The van der Waals surface area contributed by atoms with Crippen LogP contribution in [-0.2, 0) is 20.9 Å². The number of primary amides is 1. The van der Waals surface area contributed by atoms with Crippen LogP contribution in [0.3, 0.4) is 0 Å². The Kier molecular flexibility index (Phi) is 10.5. The van der Waals surface area contributed by atoms with E-state index in [1.807, 2.05) is 85.8 Å². The fraction of sp³-hybridized carbons (Fsp3) is 0.300. The van der Waals surface area contributed by atoms with Crippen molar-refractivity contribution < 1.29 is 18.8 Å². The number of anilines is 1. The Bertz CT molecular complexity index is 1880. The van der Waals surface area contributed by atoms with Gasteiger partial charge in [-0.3, -0.25) is 14.4 Å². The molecule has 49 heavy (non-hydrogen) atoms. The van der Waals surface area contributed by atoms with Crippen molar-refractivity contribution in [3.05, 3.63) is 125 Å². The number of benzodiazepines with no additional fused rings is 1. The van der Waals surface area contributed by atoms with Crippen molar-refractivity contribution in [3.8, 4) is 11.1 Å². The number of fused-ring (bicyclic) bond motifs is 1. The van der Waals surface area contributed by atoms with Crippen molar-refractivity contribution in [2.75, 3.05) is 4.90 Å². The van der Waals surface area contributed by atoms with Crippen molar-refractivity contribution in [2.45, 2.75) is 58.2 Å². The Labute approximate surface area is 291 Å². The topological polar surface area (TPSA) is 105 Å². The van der Waals surface area contributed by atoms with Crippen molar-refractivity contribution >= 4 is 40.7 Å². The summed E-state index contributed by atoms with van der Waals surface area (Å²) in [5.41, 5.74) is 11.0. The average molecular weight is 679 g/mol. The number of hydrogen-bond acceptors (Lipinski definition) is 4. The summed E-state index contributed by atoms with van der Waals surface area (Å²) in [6, 6.07) is 29.3. The zero-order chi connectivity index (χ0) is 34.5. The lowest BCUT2D eigenvalue weighted by atomic mass is 9.83. The molecule has 0 bridgehead atoms. The molecule has 252 valence electrons. The number of amides is 3. The average Bonchev–Trinajstić information content (AvgIpc) is 3.95. The van der Waals surface area contributed by atoms with Crippen LogP contribution in [0.25, 0.3) is 11.1 Å². The minimum absolute atomic E-state index is 0.0250. The molecular formula is C40H40ClFN4O3. The van der Waals surface area contributed by atoms with Crippen molar-refractivity contribution in [2.24, 2.45) is 28.5 Å². The lowest BCUT2D eigenvalue weighted by Gasteiger charge is -2.28. The van der Waals surface area contributed by atoms with Crippen LogP contribution in [0.4, 0.5) is 10.1 Å². The molecule has 1 aliphatic carbocycles. The third-order valence-corrected chi connectivity index (χ3v) is 9.69. The highest BCUT2D eigenvalue weighted by Crippen LogP contribution is 2.39. The van der Waals surface area contributed by atoms with Crippen molar-refractivity contribution in [3.63, 3.8) is 0 Å². The molecule has 3 atom stereocenters. The van der Waals surface area contributed by atoms with E-state index in [1.165, 1.54) is 6.07 Å². The van der Waals surface area contributed by atoms with Crippen LogP contribution in [-0.4, -0.2) is 29.6 Å². The van der Waals surface area contributed by atoms with Crippen LogP contribution in [0.2, 0.25) is 5.02 Å². The molecule has 4 aromatic rings. The number of carbonyl (C=O) groups is 3. The van der Waals surface area contributed by atoms with Gasteiger partial charge < -0.3 is 16.0 Å². The first-order valence-corrected chi connectivity index (χ1v) is 17.3. The number of unbranched alkanes of at least 4 members (excludes halogenated alkanes) is 1. The Morgan fingerprint density at radius 1 is 0.939 bits per heavy atom. The molecule has 1 fully saturated rings. The first-order valence-electron chi connectivity index (χ1n) is 16.9. The van der Waals surface area contributed by atoms with Crippen molar-refractivity contribution in [1.29, 1.82) is 0 Å². The summed E-state index contributed by atoms with van der Waals surface area (Å²) >= 11 is 6.09. The Hall–Kier alpha value is -4.82. The molecule has 3 N–H and O–H groups in total. The second-order valence-corrected chi connectivity index (χ2v) is 13.4. The highest BCUT2D eigenvalue weighted by molar-refractivity contribution is 6.31. The van der Waals surface area contributed by atoms with Crippen LogP contribution >= 0.6 is 11.6 Å². The van der Waals surface area contributed by atoms with E-state index in [9.17, 15) is 18.8 Å². The van der Waals surface area contributed by atoms with E-state index in [4.69, 9.17) is 22.3 Å². The normalized spacial score (nSPS) is 17.0. The van der Waals surface area contributed by atoms with Gasteiger partial charge in [-0.05, 0) is 59.7 Å². The van der Waals surface area contributed by atoms with Gasteiger partial charge in [-0.25, -0.2) is 9.38 Å². The first kappa shape index (κ1) is 34.1. The fourth-order valence-electron chi connectivity index (χ4n) is 6.59. The number of halogens is 2. The summed E-state index contributed by atoms with van der Waals surface area (Å²) in [5, 5.41) is 3.00. The molecule has 9 heteroatoms. The van der Waals surface area contributed by atoms with Gasteiger partial charge in [0.25, 0.3) is 5.91 Å². The molecule has 6 rings (SSSR count). The van der Waals surface area contributed by atoms with Crippen LogP contribution in [0.1, 0.15) is 62.1 Å². The minimum Gasteiger partial charge on any atom is -0.369 e. The molecule has 0 radical (unpaired) electrons. The molecule has 3 amide bonds. The number of nitrogens with zero attached hydrogens (tertiary/aromatic N) is 2. The third kappa shape index (κ3) is 7.92. The molecule has 7 nitrogen and oxygen atoms in total. The zero-order valence-corrected chi connectivity index (χ0v) is 28.2. The number of hydrogen-bond donors (Lipinski definition) is 2. The van der Waals surface area contributed by atoms with Crippen LogP contribution in [0.15, 0.2) is 102 Å². The number of aliphatic imine (C=N–C) groups is 1. The van der Waals surface area contributed by atoms with E-state index in [1.54, 1.807) is 17.0 Å². The number of rotatable bonds is 13. The molecule has 1 aliphatic heterocycles.